The van der Waals surface area contributed by atoms with Crippen molar-refractivity contribution in [2.24, 2.45) is 5.92 Å². The van der Waals surface area contributed by atoms with Crippen LogP contribution in [0.4, 0.5) is 20.7 Å². The maximum Gasteiger partial charge on any atom is 0.281 e. The molecule has 2 aliphatic heterocycles. The number of piperidine rings is 1. The Morgan fingerprint density at radius 1 is 1.24 bits per heavy atom. The number of carbonyl (C=O) groups excluding carboxylic acids is 1. The third kappa shape index (κ3) is 5.46. The van der Waals surface area contributed by atoms with Gasteiger partial charge in [0.15, 0.2) is 9.84 Å². The molecule has 0 spiro atoms. The van der Waals surface area contributed by atoms with Crippen molar-refractivity contribution in [1.82, 2.24) is 14.9 Å². The van der Waals surface area contributed by atoms with Crippen molar-refractivity contribution in [3.63, 3.8) is 0 Å². The van der Waals surface area contributed by atoms with Gasteiger partial charge in [0.05, 0.1) is 16.1 Å². The number of ether oxygens (including phenoxy) is 1. The summed E-state index contributed by atoms with van der Waals surface area (Å²) in [5.74, 6) is 1.72. The minimum absolute atomic E-state index is 0.0574. The first-order chi connectivity index (χ1) is 16.1. The number of fused-ring (bicyclic) bond motifs is 1. The fraction of sp³-hybridized carbons (Fsp3) is 0.522. The minimum atomic E-state index is -3.50. The number of nitrogens with zero attached hydrogens (tertiary/aromatic N) is 4. The first-order valence-corrected chi connectivity index (χ1v) is 14.2. The molecule has 8 nitrogen and oxygen atoms in total. The number of benzene rings is 1. The average Bonchev–Trinajstić information content (AvgIpc) is 3.22. The Hall–Kier alpha value is -2.40. The van der Waals surface area contributed by atoms with E-state index in [2.05, 4.69) is 23.8 Å². The van der Waals surface area contributed by atoms with E-state index in [9.17, 15) is 17.6 Å². The number of hydrogen-bond donors (Lipinski definition) is 0. The second-order valence-electron chi connectivity index (χ2n) is 9.04. The second-order valence-corrected chi connectivity index (χ2v) is 12.0. The number of hydrogen-bond acceptors (Lipinski definition) is 8. The van der Waals surface area contributed by atoms with E-state index in [0.29, 0.717) is 43.7 Å². The number of aromatic nitrogens is 2. The summed E-state index contributed by atoms with van der Waals surface area (Å²) in [7, 11) is -3.50. The fourth-order valence-corrected chi connectivity index (χ4v) is 5.56. The number of likely N-dealkylation sites (tertiary alicyclic amines) is 1. The molecule has 184 valence electrons. The molecule has 1 saturated heterocycles. The Morgan fingerprint density at radius 2 is 1.97 bits per heavy atom. The van der Waals surface area contributed by atoms with Gasteiger partial charge in [0.25, 0.3) is 5.24 Å². The Kier molecular flexibility index (Phi) is 7.32. The van der Waals surface area contributed by atoms with Gasteiger partial charge < -0.3 is 14.5 Å². The second kappa shape index (κ2) is 10.1. The van der Waals surface area contributed by atoms with Crippen LogP contribution in [0.3, 0.4) is 0 Å². The molecule has 2 aliphatic rings. The van der Waals surface area contributed by atoms with Crippen LogP contribution in [0.15, 0.2) is 29.4 Å². The fourth-order valence-electron chi connectivity index (χ4n) is 4.08. The van der Waals surface area contributed by atoms with Crippen molar-refractivity contribution in [2.45, 2.75) is 44.1 Å². The van der Waals surface area contributed by atoms with Crippen LogP contribution in [0.2, 0.25) is 0 Å². The lowest BCUT2D eigenvalue weighted by Gasteiger charge is -2.32. The Bertz CT molecular complexity index is 1170. The van der Waals surface area contributed by atoms with E-state index < -0.39 is 15.7 Å². The van der Waals surface area contributed by atoms with Crippen molar-refractivity contribution < 1.29 is 22.3 Å². The van der Waals surface area contributed by atoms with Gasteiger partial charge in [-0.15, -0.1) is 0 Å². The summed E-state index contributed by atoms with van der Waals surface area (Å²) >= 11 is 1.37. The van der Waals surface area contributed by atoms with Gasteiger partial charge in [-0.05, 0) is 30.5 Å². The SMILES string of the molecule is CC(C)CSC(=O)N1CCC(Oc2ncnc3c2CCN3c2ccc(S(C)(=O)=O)cc2F)CC1. The largest absolute Gasteiger partial charge is 0.474 e. The van der Waals surface area contributed by atoms with Gasteiger partial charge in [-0.25, -0.2) is 22.8 Å². The van der Waals surface area contributed by atoms with Crippen LogP contribution in [0.25, 0.3) is 0 Å². The van der Waals surface area contributed by atoms with Gasteiger partial charge in [0.2, 0.25) is 5.88 Å². The molecule has 4 rings (SSSR count). The highest BCUT2D eigenvalue weighted by Gasteiger charge is 2.31. The third-order valence-corrected chi connectivity index (χ3v) is 8.33. The predicted octanol–water partition coefficient (Wildman–Crippen LogP) is 4.07. The molecule has 0 N–H and O–H groups in total. The van der Waals surface area contributed by atoms with Gasteiger partial charge in [-0.2, -0.15) is 0 Å². The standard InChI is InChI=1S/C23H29FN4O4S2/c1-15(2)13-33-23(29)27-9-6-16(7-10-27)32-22-18-8-11-28(21(18)25-14-26-22)20-5-4-17(12-19(20)24)34(3,30)31/h4-5,12,14-16H,6-11,13H2,1-3H3. The van der Waals surface area contributed by atoms with E-state index in [4.69, 9.17) is 4.74 Å². The zero-order valence-electron chi connectivity index (χ0n) is 19.5. The van der Waals surface area contributed by atoms with Gasteiger partial charge in [0.1, 0.15) is 24.1 Å². The van der Waals surface area contributed by atoms with Crippen molar-refractivity contribution in [1.29, 1.82) is 0 Å². The van der Waals surface area contributed by atoms with Gasteiger partial charge in [0, 0.05) is 44.5 Å². The molecular formula is C23H29FN4O4S2. The smallest absolute Gasteiger partial charge is 0.281 e. The summed E-state index contributed by atoms with van der Waals surface area (Å²) < 4.78 is 44.4. The normalized spacial score (nSPS) is 16.7. The maximum atomic E-state index is 14.8. The van der Waals surface area contributed by atoms with E-state index >= 15 is 0 Å². The third-order valence-electron chi connectivity index (χ3n) is 5.88. The van der Waals surface area contributed by atoms with Crippen LogP contribution in [0.1, 0.15) is 32.3 Å². The van der Waals surface area contributed by atoms with Crippen molar-refractivity contribution in [3.8, 4) is 5.88 Å². The van der Waals surface area contributed by atoms with Gasteiger partial charge >= 0.3 is 0 Å². The molecule has 3 heterocycles. The Balaban J connectivity index is 1.43. The molecule has 0 radical (unpaired) electrons. The maximum absolute atomic E-state index is 14.8. The zero-order chi connectivity index (χ0) is 24.5. The lowest BCUT2D eigenvalue weighted by atomic mass is 10.1. The van der Waals surface area contributed by atoms with E-state index in [1.54, 1.807) is 4.90 Å². The molecule has 2 aromatic rings. The molecule has 0 unspecified atom stereocenters. The highest BCUT2D eigenvalue weighted by molar-refractivity contribution is 8.13. The van der Waals surface area contributed by atoms with Gasteiger partial charge in [-0.1, -0.05) is 25.6 Å². The predicted molar refractivity (Wildman–Crippen MR) is 130 cm³/mol. The van der Waals surface area contributed by atoms with E-state index in [-0.39, 0.29) is 21.9 Å². The van der Waals surface area contributed by atoms with Crippen molar-refractivity contribution in [3.05, 3.63) is 35.9 Å². The number of halogens is 1. The molecule has 1 amide bonds. The van der Waals surface area contributed by atoms with Gasteiger partial charge in [-0.3, -0.25) is 4.79 Å². The number of thioether (sulfide) groups is 1. The number of anilines is 2. The summed E-state index contributed by atoms with van der Waals surface area (Å²) in [6, 6.07) is 3.90. The van der Waals surface area contributed by atoms with E-state index in [1.807, 2.05) is 4.90 Å². The quantitative estimate of drug-likeness (QED) is 0.577. The monoisotopic (exact) mass is 508 g/mol. The lowest BCUT2D eigenvalue weighted by molar-refractivity contribution is 0.114. The molecule has 1 aromatic carbocycles. The summed E-state index contributed by atoms with van der Waals surface area (Å²) in [5.41, 5.74) is 1.07. The minimum Gasteiger partial charge on any atom is -0.474 e. The van der Waals surface area contributed by atoms with Crippen LogP contribution in [0.5, 0.6) is 5.88 Å². The van der Waals surface area contributed by atoms with Crippen molar-refractivity contribution in [2.75, 3.05) is 36.5 Å². The van der Waals surface area contributed by atoms with Crippen LogP contribution in [-0.4, -0.2) is 66.3 Å². The molecule has 0 atom stereocenters. The van der Waals surface area contributed by atoms with E-state index in [0.717, 1.165) is 36.5 Å². The lowest BCUT2D eigenvalue weighted by Crippen LogP contribution is -2.40. The topological polar surface area (TPSA) is 92.7 Å². The molecule has 11 heteroatoms. The summed E-state index contributed by atoms with van der Waals surface area (Å²) in [5, 5.41) is 0.120. The number of rotatable bonds is 6. The molecule has 0 saturated carbocycles. The number of sulfone groups is 1. The van der Waals surface area contributed by atoms with Crippen LogP contribution < -0.4 is 9.64 Å². The highest BCUT2D eigenvalue weighted by atomic mass is 32.2. The zero-order valence-corrected chi connectivity index (χ0v) is 21.2. The number of amides is 1. The molecular weight excluding hydrogens is 479 g/mol. The molecule has 0 aliphatic carbocycles. The van der Waals surface area contributed by atoms with Crippen LogP contribution in [-0.2, 0) is 16.3 Å². The molecule has 1 aromatic heterocycles. The average molecular weight is 509 g/mol. The van der Waals surface area contributed by atoms with E-state index in [1.165, 1.54) is 30.2 Å². The highest BCUT2D eigenvalue weighted by Crippen LogP contribution is 2.38. The summed E-state index contributed by atoms with van der Waals surface area (Å²) in [4.78, 5) is 24.6. The first kappa shape index (κ1) is 24.7. The summed E-state index contributed by atoms with van der Waals surface area (Å²) in [6.07, 6.45) is 4.42. The van der Waals surface area contributed by atoms with Crippen LogP contribution >= 0.6 is 11.8 Å². The number of carbonyl (C=O) groups is 1. The Morgan fingerprint density at radius 3 is 2.62 bits per heavy atom. The van der Waals surface area contributed by atoms with Crippen molar-refractivity contribution >= 4 is 38.3 Å². The molecule has 0 bridgehead atoms. The molecule has 1 fully saturated rings. The molecule has 34 heavy (non-hydrogen) atoms. The summed E-state index contributed by atoms with van der Waals surface area (Å²) in [6.45, 7) is 5.97. The Labute approximate surface area is 203 Å². The first-order valence-electron chi connectivity index (χ1n) is 11.3. The van der Waals surface area contributed by atoms with Crippen LogP contribution in [0, 0.1) is 11.7 Å².